The van der Waals surface area contributed by atoms with Gasteiger partial charge >= 0.3 is 6.61 Å². The lowest BCUT2D eigenvalue weighted by Gasteiger charge is -2.24. The highest BCUT2D eigenvalue weighted by Crippen LogP contribution is 2.43. The van der Waals surface area contributed by atoms with E-state index in [1.807, 2.05) is 6.92 Å². The number of nitrogens with two attached hydrogens (primary N) is 1. The van der Waals surface area contributed by atoms with E-state index in [1.54, 1.807) is 12.1 Å². The lowest BCUT2D eigenvalue weighted by atomic mass is 9.83. The van der Waals surface area contributed by atoms with Crippen LogP contribution in [0.2, 0.25) is 0 Å². The van der Waals surface area contributed by atoms with Gasteiger partial charge in [-0.3, -0.25) is 5.10 Å². The van der Waals surface area contributed by atoms with E-state index in [-0.39, 0.29) is 17.2 Å². The van der Waals surface area contributed by atoms with Gasteiger partial charge in [0.1, 0.15) is 17.4 Å². The van der Waals surface area contributed by atoms with Crippen LogP contribution in [-0.4, -0.2) is 16.8 Å². The van der Waals surface area contributed by atoms with E-state index in [9.17, 15) is 14.0 Å². The van der Waals surface area contributed by atoms with Crippen molar-refractivity contribution in [1.29, 1.82) is 5.26 Å². The molecule has 24 heavy (non-hydrogen) atoms. The molecule has 1 aromatic heterocycles. The van der Waals surface area contributed by atoms with Gasteiger partial charge in [-0.05, 0) is 24.1 Å². The Labute approximate surface area is 136 Å². The van der Waals surface area contributed by atoms with Crippen LogP contribution in [0.3, 0.4) is 0 Å². The number of fused-ring (bicyclic) bond motifs is 1. The third-order valence-corrected chi connectivity index (χ3v) is 3.81. The van der Waals surface area contributed by atoms with Crippen molar-refractivity contribution >= 4 is 0 Å². The molecule has 124 valence electrons. The molecular formula is C16H14F2N4O2. The molecule has 3 N–H and O–H groups in total. The summed E-state index contributed by atoms with van der Waals surface area (Å²) in [5, 5.41) is 16.4. The first-order chi connectivity index (χ1) is 11.5. The summed E-state index contributed by atoms with van der Waals surface area (Å²) in [6.45, 7) is -0.950. The molecule has 8 heteroatoms. The van der Waals surface area contributed by atoms with Gasteiger partial charge in [0, 0.05) is 11.3 Å². The number of hydrogen-bond acceptors (Lipinski definition) is 5. The molecule has 0 saturated carbocycles. The second-order valence-corrected chi connectivity index (χ2v) is 5.15. The molecule has 1 unspecified atom stereocenters. The average Bonchev–Trinajstić information content (AvgIpc) is 2.96. The lowest BCUT2D eigenvalue weighted by molar-refractivity contribution is -0.0498. The summed E-state index contributed by atoms with van der Waals surface area (Å²) in [5.74, 6) is -0.134. The zero-order valence-corrected chi connectivity index (χ0v) is 12.7. The summed E-state index contributed by atoms with van der Waals surface area (Å²) in [5.41, 5.74) is 8.34. The summed E-state index contributed by atoms with van der Waals surface area (Å²) in [6.07, 6.45) is 0.660. The van der Waals surface area contributed by atoms with E-state index >= 15 is 0 Å². The molecule has 1 aliphatic heterocycles. The molecule has 0 fully saturated rings. The normalized spacial score (nSPS) is 16.5. The monoisotopic (exact) mass is 332 g/mol. The first-order valence-corrected chi connectivity index (χ1v) is 7.24. The maximum absolute atomic E-state index is 12.3. The number of aryl methyl sites for hydroxylation is 1. The predicted molar refractivity (Wildman–Crippen MR) is 80.3 cm³/mol. The molecule has 0 amide bonds. The van der Waals surface area contributed by atoms with Crippen LogP contribution >= 0.6 is 0 Å². The fourth-order valence-electron chi connectivity index (χ4n) is 2.75. The first-order valence-electron chi connectivity index (χ1n) is 7.24. The van der Waals surface area contributed by atoms with E-state index in [2.05, 4.69) is 21.0 Å². The number of aromatic amines is 1. The number of alkyl halides is 2. The molecule has 1 aromatic carbocycles. The van der Waals surface area contributed by atoms with Gasteiger partial charge in [-0.2, -0.15) is 14.0 Å². The number of ether oxygens (including phenoxy) is 2. The van der Waals surface area contributed by atoms with Gasteiger partial charge < -0.3 is 15.2 Å². The Morgan fingerprint density at radius 1 is 1.42 bits per heavy atom. The van der Waals surface area contributed by atoms with Crippen LogP contribution in [0.5, 0.6) is 11.6 Å². The van der Waals surface area contributed by atoms with E-state index in [0.29, 0.717) is 17.9 Å². The fraction of sp³-hybridized carbons (Fsp3) is 0.250. The number of hydrogen-bond donors (Lipinski definition) is 2. The fourth-order valence-corrected chi connectivity index (χ4v) is 2.75. The number of H-pyrrole nitrogens is 1. The Balaban J connectivity index is 2.07. The minimum atomic E-state index is -2.89. The van der Waals surface area contributed by atoms with Gasteiger partial charge in [0.25, 0.3) is 0 Å². The topological polar surface area (TPSA) is 97.0 Å². The molecule has 0 radical (unpaired) electrons. The molecule has 0 aliphatic carbocycles. The van der Waals surface area contributed by atoms with Crippen LogP contribution in [0, 0.1) is 11.3 Å². The molecular weight excluding hydrogens is 318 g/mol. The largest absolute Gasteiger partial charge is 0.435 e. The molecule has 2 heterocycles. The van der Waals surface area contributed by atoms with E-state index in [4.69, 9.17) is 10.5 Å². The van der Waals surface area contributed by atoms with E-state index in [1.165, 1.54) is 12.1 Å². The summed E-state index contributed by atoms with van der Waals surface area (Å²) in [6, 6.07) is 8.16. The van der Waals surface area contributed by atoms with Crippen LogP contribution < -0.4 is 15.2 Å². The summed E-state index contributed by atoms with van der Waals surface area (Å²) >= 11 is 0. The predicted octanol–water partition coefficient (Wildman–Crippen LogP) is 2.79. The number of allylic oxidation sites excluding steroid dienone is 1. The number of nitrogens with one attached hydrogen (secondary N) is 1. The molecule has 1 aliphatic rings. The third kappa shape index (κ3) is 2.65. The van der Waals surface area contributed by atoms with Crippen molar-refractivity contribution in [3.05, 3.63) is 52.5 Å². The maximum atomic E-state index is 12.3. The highest BCUT2D eigenvalue weighted by molar-refractivity contribution is 5.55. The number of benzene rings is 1. The van der Waals surface area contributed by atoms with Gasteiger partial charge in [-0.15, -0.1) is 5.10 Å². The van der Waals surface area contributed by atoms with Crippen LogP contribution in [0.15, 0.2) is 35.7 Å². The summed E-state index contributed by atoms with van der Waals surface area (Å²) in [4.78, 5) is 0. The standard InChI is InChI=1S/C16H14F2N4O2/c1-2-11-13-12(8-3-5-9(6-4-8)23-16(17)18)10(7-19)14(20)24-15(13)22-21-11/h3-6,12,16H,2,20H2,1H3,(H,21,22). The van der Waals surface area contributed by atoms with Crippen LogP contribution in [0.1, 0.15) is 29.7 Å². The van der Waals surface area contributed by atoms with Crippen molar-refractivity contribution in [3.8, 4) is 17.7 Å². The number of rotatable bonds is 4. The minimum absolute atomic E-state index is 0.0166. The Morgan fingerprint density at radius 3 is 2.71 bits per heavy atom. The molecule has 2 aromatic rings. The summed E-state index contributed by atoms with van der Waals surface area (Å²) in [7, 11) is 0. The van der Waals surface area contributed by atoms with Crippen LogP contribution in [0.4, 0.5) is 8.78 Å². The highest BCUT2D eigenvalue weighted by Gasteiger charge is 2.34. The van der Waals surface area contributed by atoms with Crippen molar-refractivity contribution in [2.24, 2.45) is 5.73 Å². The molecule has 0 bridgehead atoms. The zero-order valence-electron chi connectivity index (χ0n) is 12.7. The van der Waals surface area contributed by atoms with Crippen LogP contribution in [0.25, 0.3) is 0 Å². The van der Waals surface area contributed by atoms with Gasteiger partial charge in [0.05, 0.1) is 5.92 Å². The second-order valence-electron chi connectivity index (χ2n) is 5.15. The molecule has 3 rings (SSSR count). The third-order valence-electron chi connectivity index (χ3n) is 3.81. The SMILES string of the molecule is CCc1[nH]nc2c1C(c1ccc(OC(F)F)cc1)C(C#N)=C(N)O2. The number of nitriles is 1. The smallest absolute Gasteiger partial charge is 0.387 e. The molecule has 1 atom stereocenters. The Morgan fingerprint density at radius 2 is 2.12 bits per heavy atom. The highest BCUT2D eigenvalue weighted by atomic mass is 19.3. The van der Waals surface area contributed by atoms with Crippen molar-refractivity contribution in [2.45, 2.75) is 25.9 Å². The quantitative estimate of drug-likeness (QED) is 0.897. The van der Waals surface area contributed by atoms with Crippen molar-refractivity contribution in [3.63, 3.8) is 0 Å². The van der Waals surface area contributed by atoms with E-state index in [0.717, 1.165) is 11.3 Å². The lowest BCUT2D eigenvalue weighted by Crippen LogP contribution is -2.21. The zero-order chi connectivity index (χ0) is 17.3. The minimum Gasteiger partial charge on any atom is -0.435 e. The Kier molecular flexibility index (Phi) is 4.08. The first kappa shape index (κ1) is 15.8. The van der Waals surface area contributed by atoms with E-state index < -0.39 is 12.5 Å². The molecule has 0 saturated heterocycles. The van der Waals surface area contributed by atoms with Gasteiger partial charge in [0.2, 0.25) is 11.8 Å². The van der Waals surface area contributed by atoms with Crippen LogP contribution in [-0.2, 0) is 6.42 Å². The number of aromatic nitrogens is 2. The maximum Gasteiger partial charge on any atom is 0.387 e. The molecule has 0 spiro atoms. The average molecular weight is 332 g/mol. The van der Waals surface area contributed by atoms with Gasteiger partial charge in [-0.25, -0.2) is 0 Å². The summed E-state index contributed by atoms with van der Waals surface area (Å²) < 4.78 is 34.3. The van der Waals surface area contributed by atoms with Crippen molar-refractivity contribution < 1.29 is 18.3 Å². The Bertz CT molecular complexity index is 822. The second kappa shape index (κ2) is 6.20. The van der Waals surface area contributed by atoms with Gasteiger partial charge in [-0.1, -0.05) is 19.1 Å². The number of halogens is 2. The number of nitrogens with zero attached hydrogens (tertiary/aromatic N) is 2. The Hall–Kier alpha value is -3.08. The van der Waals surface area contributed by atoms with Gasteiger partial charge in [0.15, 0.2) is 0 Å². The van der Waals surface area contributed by atoms with Crippen molar-refractivity contribution in [1.82, 2.24) is 10.2 Å². The van der Waals surface area contributed by atoms with Crippen molar-refractivity contribution in [2.75, 3.05) is 0 Å². The molecule has 6 nitrogen and oxygen atoms in total.